The van der Waals surface area contributed by atoms with Crippen LogP contribution in [0.3, 0.4) is 0 Å². The molecule has 0 radical (unpaired) electrons. The smallest absolute Gasteiger partial charge is 0.265 e. The first-order valence-corrected chi connectivity index (χ1v) is 10.2. The van der Waals surface area contributed by atoms with E-state index in [1.165, 1.54) is 16.8 Å². The van der Waals surface area contributed by atoms with Crippen molar-refractivity contribution in [3.05, 3.63) is 90.4 Å². The number of benzene rings is 2. The number of nitrogens with zero attached hydrogens (tertiary/aromatic N) is 7. The van der Waals surface area contributed by atoms with Crippen LogP contribution in [0.5, 0.6) is 0 Å². The van der Waals surface area contributed by atoms with Gasteiger partial charge in [-0.1, -0.05) is 29.8 Å². The van der Waals surface area contributed by atoms with Gasteiger partial charge in [-0.05, 0) is 53.7 Å². The number of rotatable bonds is 4. The largest absolute Gasteiger partial charge is 0.416 e. The quantitative estimate of drug-likeness (QED) is 0.369. The van der Waals surface area contributed by atoms with E-state index >= 15 is 0 Å². The molecule has 3 heterocycles. The molecule has 3 aromatic heterocycles. The Balaban J connectivity index is 1.68. The van der Waals surface area contributed by atoms with Crippen LogP contribution in [0, 0.1) is 6.92 Å². The van der Waals surface area contributed by atoms with E-state index in [1.807, 2.05) is 31.2 Å². The highest BCUT2D eigenvalue weighted by Crippen LogP contribution is 2.34. The molecule has 0 atom stereocenters. The Labute approximate surface area is 192 Å². The van der Waals surface area contributed by atoms with Crippen LogP contribution in [0.15, 0.2) is 79.3 Å². The third kappa shape index (κ3) is 4.13. The molecular weight excluding hydrogens is 443 g/mol. The average molecular weight is 459 g/mol. The standard InChI is InChI=1S/C24H16F3N7/c1-15-2-8-19(9-3-15)34-23(31-32-33-34)20-14-29-22(17-10-12-28-13-11-17)30-21(20)16-4-6-18(7-5-16)24(25,26)27/h2-14H,1H3. The molecule has 10 heteroatoms. The summed E-state index contributed by atoms with van der Waals surface area (Å²) in [6.45, 7) is 1.97. The molecule has 34 heavy (non-hydrogen) atoms. The van der Waals surface area contributed by atoms with Gasteiger partial charge in [-0.2, -0.15) is 17.9 Å². The molecule has 0 bridgehead atoms. The van der Waals surface area contributed by atoms with Crippen LogP contribution in [0.4, 0.5) is 13.2 Å². The first-order chi connectivity index (χ1) is 16.4. The van der Waals surface area contributed by atoms with Crippen molar-refractivity contribution in [1.29, 1.82) is 0 Å². The first kappa shape index (κ1) is 21.4. The van der Waals surface area contributed by atoms with E-state index in [-0.39, 0.29) is 0 Å². The molecule has 0 saturated heterocycles. The van der Waals surface area contributed by atoms with Gasteiger partial charge in [-0.25, -0.2) is 9.97 Å². The third-order valence-electron chi connectivity index (χ3n) is 5.20. The SMILES string of the molecule is Cc1ccc(-n2nnnc2-c2cnc(-c3ccncc3)nc2-c2ccc(C(F)(F)F)cc2)cc1. The van der Waals surface area contributed by atoms with Gasteiger partial charge in [0.25, 0.3) is 0 Å². The Morgan fingerprint density at radius 1 is 0.824 bits per heavy atom. The molecule has 0 saturated carbocycles. The van der Waals surface area contributed by atoms with Crippen LogP contribution in [-0.4, -0.2) is 35.2 Å². The van der Waals surface area contributed by atoms with Crippen LogP contribution in [0.2, 0.25) is 0 Å². The minimum Gasteiger partial charge on any atom is -0.265 e. The molecule has 0 N–H and O–H groups in total. The van der Waals surface area contributed by atoms with Crippen LogP contribution >= 0.6 is 0 Å². The predicted molar refractivity (Wildman–Crippen MR) is 119 cm³/mol. The van der Waals surface area contributed by atoms with E-state index in [0.29, 0.717) is 34.0 Å². The van der Waals surface area contributed by atoms with Gasteiger partial charge in [-0.15, -0.1) is 5.10 Å². The maximum atomic E-state index is 13.1. The summed E-state index contributed by atoms with van der Waals surface area (Å²) in [7, 11) is 0. The fourth-order valence-electron chi connectivity index (χ4n) is 3.44. The molecule has 0 aliphatic carbocycles. The molecule has 0 unspecified atom stereocenters. The highest BCUT2D eigenvalue weighted by atomic mass is 19.4. The van der Waals surface area contributed by atoms with Crippen LogP contribution < -0.4 is 0 Å². The molecule has 168 valence electrons. The highest BCUT2D eigenvalue weighted by molar-refractivity contribution is 5.79. The van der Waals surface area contributed by atoms with Gasteiger partial charge in [0.15, 0.2) is 11.6 Å². The summed E-state index contributed by atoms with van der Waals surface area (Å²) in [4.78, 5) is 13.2. The van der Waals surface area contributed by atoms with E-state index in [2.05, 4.69) is 30.5 Å². The molecule has 2 aromatic carbocycles. The zero-order chi connectivity index (χ0) is 23.7. The van der Waals surface area contributed by atoms with E-state index in [0.717, 1.165) is 23.4 Å². The predicted octanol–water partition coefficient (Wildman–Crippen LogP) is 5.18. The van der Waals surface area contributed by atoms with Crippen molar-refractivity contribution in [2.45, 2.75) is 13.1 Å². The molecule has 5 rings (SSSR count). The van der Waals surface area contributed by atoms with Gasteiger partial charge in [0.2, 0.25) is 0 Å². The van der Waals surface area contributed by atoms with E-state index in [4.69, 9.17) is 0 Å². The zero-order valence-corrected chi connectivity index (χ0v) is 17.8. The van der Waals surface area contributed by atoms with Crippen LogP contribution in [0.25, 0.3) is 39.7 Å². The van der Waals surface area contributed by atoms with Gasteiger partial charge in [-0.3, -0.25) is 4.98 Å². The minimum absolute atomic E-state index is 0.361. The molecular formula is C24H16F3N7. The second kappa shape index (κ2) is 8.47. The minimum atomic E-state index is -4.44. The molecule has 0 aliphatic rings. The van der Waals surface area contributed by atoms with Gasteiger partial charge < -0.3 is 0 Å². The lowest BCUT2D eigenvalue weighted by Gasteiger charge is -2.12. The first-order valence-electron chi connectivity index (χ1n) is 10.2. The number of alkyl halides is 3. The maximum Gasteiger partial charge on any atom is 0.416 e. The number of tetrazole rings is 1. The number of aromatic nitrogens is 7. The summed E-state index contributed by atoms with van der Waals surface area (Å²) in [6, 6.07) is 15.9. The molecule has 0 amide bonds. The highest BCUT2D eigenvalue weighted by Gasteiger charge is 2.30. The number of hydrogen-bond acceptors (Lipinski definition) is 6. The average Bonchev–Trinajstić information content (AvgIpc) is 3.34. The Morgan fingerprint density at radius 3 is 2.21 bits per heavy atom. The molecule has 0 spiro atoms. The summed E-state index contributed by atoms with van der Waals surface area (Å²) in [5.74, 6) is 0.760. The molecule has 0 fully saturated rings. The van der Waals surface area contributed by atoms with E-state index < -0.39 is 11.7 Å². The third-order valence-corrected chi connectivity index (χ3v) is 5.20. The van der Waals surface area contributed by atoms with Crippen LogP contribution in [0.1, 0.15) is 11.1 Å². The number of aryl methyl sites for hydroxylation is 1. The van der Waals surface area contributed by atoms with Crippen molar-refractivity contribution >= 4 is 0 Å². The van der Waals surface area contributed by atoms with E-state index in [9.17, 15) is 13.2 Å². The summed E-state index contributed by atoms with van der Waals surface area (Å²) in [5, 5.41) is 12.1. The topological polar surface area (TPSA) is 82.3 Å². The molecule has 5 aromatic rings. The summed E-state index contributed by atoms with van der Waals surface area (Å²) in [5.41, 5.74) is 3.12. The maximum absolute atomic E-state index is 13.1. The van der Waals surface area contributed by atoms with Gasteiger partial charge in [0.05, 0.1) is 22.5 Å². The summed E-state index contributed by atoms with van der Waals surface area (Å²) >= 11 is 0. The number of hydrogen-bond donors (Lipinski definition) is 0. The van der Waals surface area contributed by atoms with Crippen molar-refractivity contribution < 1.29 is 13.2 Å². The Morgan fingerprint density at radius 2 is 1.53 bits per heavy atom. The lowest BCUT2D eigenvalue weighted by Crippen LogP contribution is -2.05. The van der Waals surface area contributed by atoms with Crippen LogP contribution in [-0.2, 0) is 6.18 Å². The normalized spacial score (nSPS) is 11.5. The van der Waals surface area contributed by atoms with Crippen molar-refractivity contribution in [1.82, 2.24) is 35.2 Å². The second-order valence-corrected chi connectivity index (χ2v) is 7.52. The second-order valence-electron chi connectivity index (χ2n) is 7.52. The van der Waals surface area contributed by atoms with Gasteiger partial charge in [0.1, 0.15) is 0 Å². The lowest BCUT2D eigenvalue weighted by molar-refractivity contribution is -0.137. The van der Waals surface area contributed by atoms with Crippen molar-refractivity contribution in [2.24, 2.45) is 0 Å². The fraction of sp³-hybridized carbons (Fsp3) is 0.0833. The Kier molecular flexibility index (Phi) is 5.33. The summed E-state index contributed by atoms with van der Waals surface area (Å²) in [6.07, 6.45) is 0.363. The number of halogens is 3. The zero-order valence-electron chi connectivity index (χ0n) is 17.8. The van der Waals surface area contributed by atoms with Gasteiger partial charge in [0, 0.05) is 29.7 Å². The summed E-state index contributed by atoms with van der Waals surface area (Å²) < 4.78 is 40.9. The monoisotopic (exact) mass is 459 g/mol. The fourth-order valence-corrected chi connectivity index (χ4v) is 3.44. The number of pyridine rings is 1. The van der Waals surface area contributed by atoms with Crippen molar-refractivity contribution in [3.8, 4) is 39.7 Å². The van der Waals surface area contributed by atoms with Gasteiger partial charge >= 0.3 is 6.18 Å². The molecule has 0 aliphatic heterocycles. The van der Waals surface area contributed by atoms with Crippen molar-refractivity contribution in [2.75, 3.05) is 0 Å². The van der Waals surface area contributed by atoms with E-state index in [1.54, 1.807) is 30.7 Å². The Bertz CT molecular complexity index is 1430. The molecule has 7 nitrogen and oxygen atoms in total. The lowest BCUT2D eigenvalue weighted by atomic mass is 10.0. The Hall–Kier alpha value is -4.47. The van der Waals surface area contributed by atoms with Crippen molar-refractivity contribution in [3.63, 3.8) is 0 Å².